The minimum atomic E-state index is -1.21. The van der Waals surface area contributed by atoms with E-state index in [1.54, 1.807) is 0 Å². The van der Waals surface area contributed by atoms with Crippen molar-refractivity contribution >= 4 is 47.6 Å². The van der Waals surface area contributed by atoms with Gasteiger partial charge in [-0.15, -0.1) is 0 Å². The van der Waals surface area contributed by atoms with E-state index < -0.39 is 29.8 Å². The maximum Gasteiger partial charge on any atom is 0.321 e. The predicted octanol–water partition coefficient (Wildman–Crippen LogP) is 10.0. The van der Waals surface area contributed by atoms with Gasteiger partial charge in [-0.2, -0.15) is 0 Å². The van der Waals surface area contributed by atoms with E-state index in [0.29, 0.717) is 28.4 Å². The van der Waals surface area contributed by atoms with Gasteiger partial charge in [-0.25, -0.2) is 0 Å². The van der Waals surface area contributed by atoms with Crippen molar-refractivity contribution in [3.63, 3.8) is 0 Å². The number of rotatable bonds is 20. The summed E-state index contributed by atoms with van der Waals surface area (Å²) in [6, 6.07) is -0.709. The van der Waals surface area contributed by atoms with Gasteiger partial charge in [-0.3, -0.25) is 14.4 Å². The quantitative estimate of drug-likeness (QED) is 0.0430. The number of hydrogen-bond acceptors (Lipinski definition) is 7. The smallest absolute Gasteiger partial charge is 0.321 e. The third kappa shape index (κ3) is 10.8. The second kappa shape index (κ2) is 21.5. The summed E-state index contributed by atoms with van der Waals surface area (Å²) in [5.74, 6) is -0.991. The molecule has 0 spiro atoms. The van der Waals surface area contributed by atoms with Crippen LogP contribution in [-0.2, 0) is 25.5 Å². The van der Waals surface area contributed by atoms with Crippen molar-refractivity contribution in [3.05, 3.63) is 96.5 Å². The van der Waals surface area contributed by atoms with Crippen LogP contribution in [0.3, 0.4) is 0 Å². The van der Waals surface area contributed by atoms with Crippen LogP contribution < -0.4 is 21.7 Å². The highest BCUT2D eigenvalue weighted by atomic mass is 16.5. The van der Waals surface area contributed by atoms with Gasteiger partial charge in [-0.05, 0) is 111 Å². The van der Waals surface area contributed by atoms with Crippen molar-refractivity contribution < 1.29 is 23.9 Å². The molecule has 0 saturated carbocycles. The van der Waals surface area contributed by atoms with Crippen molar-refractivity contribution in [1.82, 2.24) is 20.3 Å². The molecule has 10 heteroatoms. The number of aromatic amines is 3. The number of H-pyrrole nitrogens is 3. The molecule has 65 heavy (non-hydrogen) atoms. The number of methoxy groups -OCH3 is 1. The highest BCUT2D eigenvalue weighted by molar-refractivity contribution is 6.24. The molecule has 6 N–H and O–H groups in total. The Balaban J connectivity index is 1.24. The lowest BCUT2D eigenvalue weighted by atomic mass is 9.82. The largest absolute Gasteiger partial charge is 0.468 e. The average Bonchev–Trinajstić information content (AvgIpc) is 4.00. The minimum Gasteiger partial charge on any atom is -0.468 e. The number of allylic oxidation sites excluding steroid dienone is 2. The number of Topliss-reactive ketones (excluding diaryl/α,β-unsaturated/α-hetero) is 1. The molecular formula is C55H77N5O5. The zero-order chi connectivity index (χ0) is 47.3. The van der Waals surface area contributed by atoms with Crippen LogP contribution in [0.1, 0.15) is 174 Å². The third-order valence-corrected chi connectivity index (χ3v) is 14.7. The molecule has 352 valence electrons. The molecule has 5 heterocycles. The SMILES string of the molecule is C=Cc1c2[nH]c(c1C)/C=C1\N/C(=C3\c4[nH]c(c(C)c4C(=O)[C@@H]3C(=O)OC)/C=c3\[nH]/c(c(C)c3CC)=C\2)[C@@H]([C@@H](N)CC(=O)OC/C=C(\C)CCC[C@H](C)CCC[C@H](C)CCCC(C)C)[C@@H]1C. The Hall–Kier alpha value is -5.09. The lowest BCUT2D eigenvalue weighted by molar-refractivity contribution is -0.143. The van der Waals surface area contributed by atoms with Gasteiger partial charge < -0.3 is 35.5 Å². The van der Waals surface area contributed by atoms with Crippen LogP contribution in [-0.4, -0.2) is 52.4 Å². The van der Waals surface area contributed by atoms with Crippen molar-refractivity contribution in [3.8, 4) is 0 Å². The Kier molecular flexibility index (Phi) is 16.3. The molecule has 6 atom stereocenters. The Morgan fingerprint density at radius 2 is 1.51 bits per heavy atom. The van der Waals surface area contributed by atoms with Crippen molar-refractivity contribution in [2.24, 2.45) is 41.2 Å². The van der Waals surface area contributed by atoms with Crippen molar-refractivity contribution in [2.45, 2.75) is 146 Å². The second-order valence-electron chi connectivity index (χ2n) is 20.0. The average molecular weight is 888 g/mol. The van der Waals surface area contributed by atoms with Crippen LogP contribution in [0.25, 0.3) is 29.9 Å². The molecule has 3 aliphatic rings. The number of nitrogens with one attached hydrogen (secondary N) is 4. The predicted molar refractivity (Wildman–Crippen MR) is 265 cm³/mol. The fourth-order valence-corrected chi connectivity index (χ4v) is 10.6. The zero-order valence-corrected chi connectivity index (χ0v) is 41.2. The Bertz CT molecular complexity index is 2490. The van der Waals surface area contributed by atoms with E-state index in [4.69, 9.17) is 15.2 Å². The highest BCUT2D eigenvalue weighted by Crippen LogP contribution is 2.48. The third-order valence-electron chi connectivity index (χ3n) is 14.7. The van der Waals surface area contributed by atoms with Gasteiger partial charge in [-0.1, -0.05) is 105 Å². The van der Waals surface area contributed by atoms with E-state index in [1.807, 2.05) is 19.1 Å². The van der Waals surface area contributed by atoms with Gasteiger partial charge >= 0.3 is 11.9 Å². The summed E-state index contributed by atoms with van der Waals surface area (Å²) in [6.45, 7) is 26.1. The van der Waals surface area contributed by atoms with Crippen LogP contribution in [0.4, 0.5) is 0 Å². The molecule has 3 aromatic rings. The van der Waals surface area contributed by atoms with Crippen molar-refractivity contribution in [2.75, 3.05) is 13.7 Å². The summed E-state index contributed by atoms with van der Waals surface area (Å²) in [6.07, 6.45) is 22.1. The molecule has 2 aliphatic heterocycles. The fourth-order valence-electron chi connectivity index (χ4n) is 10.6. The Morgan fingerprint density at radius 1 is 0.862 bits per heavy atom. The summed E-state index contributed by atoms with van der Waals surface area (Å²) < 4.78 is 11.1. The molecule has 6 rings (SSSR count). The molecule has 8 bridgehead atoms. The maximum absolute atomic E-state index is 14.5. The van der Waals surface area contributed by atoms with E-state index in [2.05, 4.69) is 107 Å². The maximum atomic E-state index is 14.5. The normalized spacial score (nSPS) is 22.4. The number of ether oxygens (including phenoxy) is 2. The first kappa shape index (κ1) is 49.3. The monoisotopic (exact) mass is 888 g/mol. The van der Waals surface area contributed by atoms with Gasteiger partial charge in [0.15, 0.2) is 5.78 Å². The van der Waals surface area contributed by atoms with E-state index in [0.717, 1.165) is 86.8 Å². The first-order valence-electron chi connectivity index (χ1n) is 24.4. The number of carbonyl (C=O) groups excluding carboxylic acids is 3. The number of aromatic nitrogens is 3. The molecule has 1 saturated heterocycles. The molecule has 1 fully saturated rings. The summed E-state index contributed by atoms with van der Waals surface area (Å²) in [4.78, 5) is 52.6. The molecule has 0 unspecified atom stereocenters. The summed E-state index contributed by atoms with van der Waals surface area (Å²) in [5, 5.41) is 5.57. The van der Waals surface area contributed by atoms with Gasteiger partial charge in [0.05, 0.1) is 19.2 Å². The van der Waals surface area contributed by atoms with Crippen molar-refractivity contribution in [1.29, 1.82) is 0 Å². The van der Waals surface area contributed by atoms with Gasteiger partial charge in [0.2, 0.25) is 0 Å². The second-order valence-corrected chi connectivity index (χ2v) is 20.0. The molecule has 10 nitrogen and oxygen atoms in total. The summed E-state index contributed by atoms with van der Waals surface area (Å²) in [5.41, 5.74) is 18.9. The van der Waals surface area contributed by atoms with Gasteiger partial charge in [0.1, 0.15) is 12.5 Å². The first-order chi connectivity index (χ1) is 31.0. The highest BCUT2D eigenvalue weighted by Gasteiger charge is 2.49. The van der Waals surface area contributed by atoms with Gasteiger partial charge in [0, 0.05) is 73.8 Å². The zero-order valence-electron chi connectivity index (χ0n) is 41.2. The Morgan fingerprint density at radius 3 is 2.15 bits per heavy atom. The topological polar surface area (TPSA) is 155 Å². The summed E-state index contributed by atoms with van der Waals surface area (Å²) >= 11 is 0. The molecule has 0 aromatic carbocycles. The standard InChI is InChI=1S/C55H77N5O5/c1-13-38-34(8)41-27-43-36(10)48(40(56)26-47(61)65-25-24-33(7)23-17-22-32(6)21-16-20-31(5)19-15-18-30(3)4)52(59-43)50-51(55(63)64-12)54(62)49-37(11)44(60-53(49)50)29-46-39(14-2)35(9)42(58-46)28-45(38)57-41/h13,24,27-32,36,40,48,51,57-60H,1,14-23,25-26,56H2,2-12H3/b33-24+,42-28-,43-27-,46-29-,52-50-/t31-,32-,36-,40+,48-,51-/m1/s1. The lowest BCUT2D eigenvalue weighted by Gasteiger charge is -2.25. The van der Waals surface area contributed by atoms with Gasteiger partial charge in [0.25, 0.3) is 0 Å². The van der Waals surface area contributed by atoms with E-state index in [-0.39, 0.29) is 24.7 Å². The van der Waals surface area contributed by atoms with Crippen LogP contribution >= 0.6 is 0 Å². The number of nitrogens with two attached hydrogens (primary N) is 1. The molecule has 0 radical (unpaired) electrons. The molecular weight excluding hydrogens is 811 g/mol. The van der Waals surface area contributed by atoms with Crippen LogP contribution in [0, 0.1) is 56.3 Å². The number of hydrogen-bond donors (Lipinski definition) is 5. The summed E-state index contributed by atoms with van der Waals surface area (Å²) in [7, 11) is 1.30. The molecule has 3 aromatic heterocycles. The first-order valence-corrected chi connectivity index (χ1v) is 24.4. The van der Waals surface area contributed by atoms with Crippen LogP contribution in [0.15, 0.2) is 29.6 Å². The number of carbonyl (C=O) groups is 3. The molecule has 1 aliphatic carbocycles. The van der Waals surface area contributed by atoms with E-state index in [1.165, 1.54) is 63.2 Å². The number of esters is 2. The van der Waals surface area contributed by atoms with Crippen LogP contribution in [0.5, 0.6) is 0 Å². The van der Waals surface area contributed by atoms with Crippen LogP contribution in [0.2, 0.25) is 0 Å². The number of ketones is 1. The minimum absolute atomic E-state index is 0.0523. The molecule has 0 amide bonds. The van der Waals surface area contributed by atoms with E-state index in [9.17, 15) is 14.4 Å². The fraction of sp³-hybridized carbons (Fsp3) is 0.545. The number of fused-ring (bicyclic) bond motifs is 7. The Labute approximate surface area is 387 Å². The van der Waals surface area contributed by atoms with E-state index >= 15 is 0 Å². The lowest BCUT2D eigenvalue weighted by Crippen LogP contribution is -2.37.